The Hall–Kier alpha value is -3.45. The second kappa shape index (κ2) is 9.81. The summed E-state index contributed by atoms with van der Waals surface area (Å²) in [6, 6.07) is 16.3. The van der Waals surface area contributed by atoms with E-state index in [-0.39, 0.29) is 17.5 Å². The molecule has 1 atom stereocenters. The molecule has 4 rings (SSSR count). The summed E-state index contributed by atoms with van der Waals surface area (Å²) >= 11 is 1.27. The molecule has 1 unspecified atom stereocenters. The predicted octanol–water partition coefficient (Wildman–Crippen LogP) is 5.89. The fraction of sp³-hybridized carbons (Fsp3) is 0.296. The smallest absolute Gasteiger partial charge is 0.290 e. The van der Waals surface area contributed by atoms with Gasteiger partial charge in [0.25, 0.3) is 5.91 Å². The summed E-state index contributed by atoms with van der Waals surface area (Å²) in [4.78, 5) is 33.5. The third kappa shape index (κ3) is 4.35. The highest BCUT2D eigenvalue weighted by Crippen LogP contribution is 2.43. The van der Waals surface area contributed by atoms with Crippen LogP contribution in [0.4, 0.5) is 0 Å². The summed E-state index contributed by atoms with van der Waals surface area (Å²) in [7, 11) is 0. The molecule has 0 radical (unpaired) electrons. The first-order chi connectivity index (χ1) is 16.3. The van der Waals surface area contributed by atoms with Gasteiger partial charge in [-0.1, -0.05) is 55.5 Å². The molecule has 1 aliphatic rings. The van der Waals surface area contributed by atoms with Crippen molar-refractivity contribution in [3.05, 3.63) is 82.1 Å². The van der Waals surface area contributed by atoms with Gasteiger partial charge in [0.1, 0.15) is 10.8 Å². The number of Topliss-reactive ketones (excluding diaryl/α,β-unsaturated/α-hetero) is 1. The quantitative estimate of drug-likeness (QED) is 0.410. The number of aryl methyl sites for hydroxylation is 1. The Balaban J connectivity index is 1.82. The Labute approximate surface area is 203 Å². The van der Waals surface area contributed by atoms with Gasteiger partial charge >= 0.3 is 0 Å². The molecule has 0 saturated heterocycles. The van der Waals surface area contributed by atoms with E-state index in [4.69, 9.17) is 4.74 Å². The van der Waals surface area contributed by atoms with Crippen molar-refractivity contribution >= 4 is 23.0 Å². The highest BCUT2D eigenvalue weighted by molar-refractivity contribution is 7.17. The Morgan fingerprint density at radius 3 is 2.50 bits per heavy atom. The average Bonchev–Trinajstić information content (AvgIpc) is 3.33. The third-order valence-corrected chi connectivity index (χ3v) is 6.82. The maximum absolute atomic E-state index is 13.9. The van der Waals surface area contributed by atoms with Crippen LogP contribution in [0.2, 0.25) is 0 Å². The van der Waals surface area contributed by atoms with Crippen molar-refractivity contribution in [3.8, 4) is 16.3 Å². The van der Waals surface area contributed by atoms with Crippen LogP contribution in [0.3, 0.4) is 0 Å². The number of aliphatic hydroxyl groups is 1. The lowest BCUT2D eigenvalue weighted by molar-refractivity contribution is -0.129. The van der Waals surface area contributed by atoms with Crippen LogP contribution in [0.15, 0.2) is 65.9 Å². The molecular weight excluding hydrogens is 448 g/mol. The van der Waals surface area contributed by atoms with E-state index in [9.17, 15) is 14.7 Å². The first kappa shape index (κ1) is 23.7. The normalized spacial score (nSPS) is 16.0. The van der Waals surface area contributed by atoms with Crippen LogP contribution in [0, 0.1) is 6.92 Å². The third-order valence-electron chi connectivity index (χ3n) is 5.61. The fourth-order valence-electron chi connectivity index (χ4n) is 4.18. The molecule has 7 heteroatoms. The number of ketones is 1. The summed E-state index contributed by atoms with van der Waals surface area (Å²) < 4.78 is 6.01. The van der Waals surface area contributed by atoms with E-state index >= 15 is 0 Å². The first-order valence-electron chi connectivity index (χ1n) is 11.4. The van der Waals surface area contributed by atoms with Gasteiger partial charge in [0.05, 0.1) is 28.3 Å². The van der Waals surface area contributed by atoms with Crippen molar-refractivity contribution in [2.24, 2.45) is 0 Å². The number of aliphatic hydroxyl groups excluding tert-OH is 1. The molecule has 0 fully saturated rings. The Morgan fingerprint density at radius 2 is 1.82 bits per heavy atom. The number of carbonyl (C=O) groups is 2. The number of nitrogens with zero attached hydrogens (tertiary/aromatic N) is 2. The van der Waals surface area contributed by atoms with Crippen LogP contribution < -0.4 is 4.74 Å². The van der Waals surface area contributed by atoms with Gasteiger partial charge in [0.2, 0.25) is 5.78 Å². The molecule has 6 nitrogen and oxygen atoms in total. The highest BCUT2D eigenvalue weighted by Gasteiger charge is 2.45. The SMILES string of the molecule is CCCN1C(=O)C(O)=C(C(=O)c2sc(-c3ccccc3)nc2C)C1c1ccccc1OC(C)C. The number of para-hydroxylation sites is 1. The Kier molecular flexibility index (Phi) is 6.84. The molecule has 1 aliphatic heterocycles. The van der Waals surface area contributed by atoms with Gasteiger partial charge in [-0.15, -0.1) is 11.3 Å². The van der Waals surface area contributed by atoms with Gasteiger partial charge < -0.3 is 14.7 Å². The number of amides is 1. The summed E-state index contributed by atoms with van der Waals surface area (Å²) in [5, 5.41) is 11.6. The van der Waals surface area contributed by atoms with Gasteiger partial charge in [0.15, 0.2) is 5.76 Å². The molecule has 0 spiro atoms. The maximum Gasteiger partial charge on any atom is 0.290 e. The topological polar surface area (TPSA) is 79.7 Å². The Bertz CT molecular complexity index is 1250. The summed E-state index contributed by atoms with van der Waals surface area (Å²) in [5.74, 6) is -0.842. The van der Waals surface area contributed by atoms with Crippen LogP contribution in [0.25, 0.3) is 10.6 Å². The summed E-state index contributed by atoms with van der Waals surface area (Å²) in [6.07, 6.45) is 0.592. The number of hydrogen-bond acceptors (Lipinski definition) is 6. The van der Waals surface area contributed by atoms with Crippen molar-refractivity contribution in [2.45, 2.75) is 46.3 Å². The number of benzene rings is 2. The van der Waals surface area contributed by atoms with Crippen molar-refractivity contribution in [3.63, 3.8) is 0 Å². The largest absolute Gasteiger partial charge is 0.503 e. The second-order valence-corrected chi connectivity index (χ2v) is 9.50. The summed E-state index contributed by atoms with van der Waals surface area (Å²) in [5.41, 5.74) is 2.23. The monoisotopic (exact) mass is 476 g/mol. The minimum absolute atomic E-state index is 0.0737. The zero-order valence-electron chi connectivity index (χ0n) is 19.7. The van der Waals surface area contributed by atoms with E-state index in [1.165, 1.54) is 11.3 Å². The molecule has 1 amide bonds. The Morgan fingerprint density at radius 1 is 1.15 bits per heavy atom. The van der Waals surface area contributed by atoms with Crippen molar-refractivity contribution in [2.75, 3.05) is 6.54 Å². The zero-order chi connectivity index (χ0) is 24.4. The van der Waals surface area contributed by atoms with E-state index in [1.54, 1.807) is 11.8 Å². The number of thiazole rings is 1. The number of rotatable bonds is 8. The molecule has 1 N–H and O–H groups in total. The molecule has 0 bridgehead atoms. The van der Waals surface area contributed by atoms with Gasteiger partial charge in [-0.25, -0.2) is 4.98 Å². The second-order valence-electron chi connectivity index (χ2n) is 8.50. The van der Waals surface area contributed by atoms with Gasteiger partial charge in [-0.2, -0.15) is 0 Å². The summed E-state index contributed by atoms with van der Waals surface area (Å²) in [6.45, 7) is 7.98. The maximum atomic E-state index is 13.9. The minimum atomic E-state index is -0.739. The lowest BCUT2D eigenvalue weighted by Crippen LogP contribution is -2.32. The van der Waals surface area contributed by atoms with E-state index in [0.29, 0.717) is 34.8 Å². The molecule has 0 saturated carbocycles. The number of hydrogen-bond donors (Lipinski definition) is 1. The van der Waals surface area contributed by atoms with Crippen molar-refractivity contribution in [1.29, 1.82) is 0 Å². The number of ether oxygens (including phenoxy) is 1. The highest BCUT2D eigenvalue weighted by atomic mass is 32.1. The van der Waals surface area contributed by atoms with E-state index in [2.05, 4.69) is 4.98 Å². The molecule has 1 aromatic heterocycles. The van der Waals surface area contributed by atoms with E-state index < -0.39 is 17.7 Å². The molecule has 3 aromatic rings. The van der Waals surface area contributed by atoms with Gasteiger partial charge in [-0.3, -0.25) is 9.59 Å². The van der Waals surface area contributed by atoms with Gasteiger partial charge in [-0.05, 0) is 33.3 Å². The standard InChI is InChI=1S/C27H28N2O4S/c1-5-15-29-22(19-13-9-10-14-20(19)33-16(2)3)21(24(31)27(29)32)23(30)25-17(4)28-26(34-25)18-11-7-6-8-12-18/h6-14,16,22,31H,5,15H2,1-4H3. The molecular formula is C27H28N2O4S. The van der Waals surface area contributed by atoms with Gasteiger partial charge in [0, 0.05) is 17.7 Å². The van der Waals surface area contributed by atoms with E-state index in [1.807, 2.05) is 75.4 Å². The van der Waals surface area contributed by atoms with Crippen LogP contribution >= 0.6 is 11.3 Å². The lowest BCUT2D eigenvalue weighted by Gasteiger charge is -2.28. The number of carbonyl (C=O) groups excluding carboxylic acids is 2. The fourth-order valence-corrected chi connectivity index (χ4v) is 5.21. The molecule has 176 valence electrons. The molecule has 2 aromatic carbocycles. The lowest BCUT2D eigenvalue weighted by atomic mass is 9.94. The zero-order valence-corrected chi connectivity index (χ0v) is 20.6. The molecule has 2 heterocycles. The first-order valence-corrected chi connectivity index (χ1v) is 12.2. The van der Waals surface area contributed by atoms with Crippen LogP contribution in [-0.4, -0.2) is 39.3 Å². The predicted molar refractivity (Wildman–Crippen MR) is 133 cm³/mol. The van der Waals surface area contributed by atoms with Crippen molar-refractivity contribution < 1.29 is 19.4 Å². The van der Waals surface area contributed by atoms with Crippen molar-refractivity contribution in [1.82, 2.24) is 9.88 Å². The van der Waals surface area contributed by atoms with Crippen LogP contribution in [-0.2, 0) is 4.79 Å². The van der Waals surface area contributed by atoms with Crippen LogP contribution in [0.1, 0.15) is 54.2 Å². The van der Waals surface area contributed by atoms with E-state index in [0.717, 1.165) is 10.6 Å². The van der Waals surface area contributed by atoms with Crippen LogP contribution in [0.5, 0.6) is 5.75 Å². The molecule has 34 heavy (non-hydrogen) atoms. The minimum Gasteiger partial charge on any atom is -0.503 e. The molecule has 0 aliphatic carbocycles. The average molecular weight is 477 g/mol. The number of aromatic nitrogens is 1.